The number of rotatable bonds is 2. The Kier molecular flexibility index (Phi) is 3.17. The average Bonchev–Trinajstić information content (AvgIpc) is 2.02. The maximum Gasteiger partial charge on any atom is 0.131 e. The van der Waals surface area contributed by atoms with Crippen LogP contribution in [0.5, 0.6) is 0 Å². The molecule has 0 aliphatic heterocycles. The minimum absolute atomic E-state index is 0.115. The Labute approximate surface area is 88.1 Å². The maximum absolute atomic E-state index is 5.78. The summed E-state index contributed by atoms with van der Waals surface area (Å²) in [6.07, 6.45) is 0. The molecule has 0 amide bonds. The largest absolute Gasteiger partial charge is 0.330 e. The summed E-state index contributed by atoms with van der Waals surface area (Å²) in [7, 11) is 0. The number of pyridine rings is 1. The molecule has 4 heteroatoms. The van der Waals surface area contributed by atoms with Crippen molar-refractivity contribution in [2.24, 2.45) is 5.73 Å². The molecule has 0 saturated heterocycles. The summed E-state index contributed by atoms with van der Waals surface area (Å²) in [5.74, 6) is 0. The molecule has 0 aliphatic rings. The molecule has 1 rings (SSSR count). The van der Waals surface area contributed by atoms with E-state index in [9.17, 15) is 0 Å². The number of nitrogens with two attached hydrogens (primary N) is 1. The Morgan fingerprint density at radius 1 is 1.31 bits per heavy atom. The van der Waals surface area contributed by atoms with E-state index in [2.05, 4.69) is 4.98 Å². The van der Waals surface area contributed by atoms with Crippen LogP contribution in [0, 0.1) is 0 Å². The molecule has 0 radical (unpaired) electrons. The van der Waals surface area contributed by atoms with Gasteiger partial charge in [0, 0.05) is 12.0 Å². The van der Waals surface area contributed by atoms with E-state index < -0.39 is 0 Å². The van der Waals surface area contributed by atoms with E-state index in [0.29, 0.717) is 16.9 Å². The Morgan fingerprint density at radius 3 is 2.15 bits per heavy atom. The van der Waals surface area contributed by atoms with Crippen LogP contribution in [-0.4, -0.2) is 11.5 Å². The Bertz CT molecular complexity index is 290. The van der Waals surface area contributed by atoms with Crippen molar-refractivity contribution in [2.45, 2.75) is 19.3 Å². The lowest BCUT2D eigenvalue weighted by Crippen LogP contribution is -2.28. The van der Waals surface area contributed by atoms with Crippen molar-refractivity contribution in [3.63, 3.8) is 0 Å². The zero-order valence-electron chi connectivity index (χ0n) is 7.64. The second-order valence-corrected chi connectivity index (χ2v) is 4.36. The van der Waals surface area contributed by atoms with Gasteiger partial charge in [-0.05, 0) is 17.7 Å². The molecule has 0 aliphatic carbocycles. The van der Waals surface area contributed by atoms with E-state index in [4.69, 9.17) is 28.9 Å². The molecule has 0 atom stereocenters. The predicted octanol–water partition coefficient (Wildman–Crippen LogP) is 2.62. The van der Waals surface area contributed by atoms with Crippen LogP contribution in [0.3, 0.4) is 0 Å². The first-order valence-corrected chi connectivity index (χ1v) is 4.75. The lowest BCUT2D eigenvalue weighted by atomic mass is 9.85. The van der Waals surface area contributed by atoms with Crippen molar-refractivity contribution in [3.8, 4) is 0 Å². The van der Waals surface area contributed by atoms with E-state index in [-0.39, 0.29) is 5.41 Å². The molecule has 2 N–H and O–H groups in total. The van der Waals surface area contributed by atoms with Crippen molar-refractivity contribution in [3.05, 3.63) is 28.0 Å². The van der Waals surface area contributed by atoms with Gasteiger partial charge in [0.1, 0.15) is 10.3 Å². The molecule has 72 valence electrons. The normalized spacial score (nSPS) is 11.8. The third-order valence-corrected chi connectivity index (χ3v) is 2.44. The van der Waals surface area contributed by atoms with Crippen LogP contribution in [0.25, 0.3) is 0 Å². The number of halogens is 2. The van der Waals surface area contributed by atoms with Crippen LogP contribution in [0.2, 0.25) is 10.3 Å². The quantitative estimate of drug-likeness (QED) is 0.776. The second-order valence-electron chi connectivity index (χ2n) is 3.59. The van der Waals surface area contributed by atoms with Gasteiger partial charge in [0.15, 0.2) is 0 Å². The summed E-state index contributed by atoms with van der Waals surface area (Å²) in [5, 5.41) is 0.813. The van der Waals surface area contributed by atoms with E-state index in [1.165, 1.54) is 0 Å². The minimum Gasteiger partial charge on any atom is -0.330 e. The van der Waals surface area contributed by atoms with Gasteiger partial charge in [-0.15, -0.1) is 0 Å². The molecule has 1 heterocycles. The molecule has 0 spiro atoms. The molecule has 0 bridgehead atoms. The Hall–Kier alpha value is -0.310. The zero-order valence-corrected chi connectivity index (χ0v) is 9.15. The monoisotopic (exact) mass is 218 g/mol. The van der Waals surface area contributed by atoms with E-state index in [1.807, 2.05) is 13.8 Å². The summed E-state index contributed by atoms with van der Waals surface area (Å²) >= 11 is 11.6. The van der Waals surface area contributed by atoms with Crippen LogP contribution >= 0.6 is 23.2 Å². The van der Waals surface area contributed by atoms with Crippen LogP contribution in [0.1, 0.15) is 19.4 Å². The molecular weight excluding hydrogens is 207 g/mol. The van der Waals surface area contributed by atoms with Gasteiger partial charge in [0.2, 0.25) is 0 Å². The van der Waals surface area contributed by atoms with Crippen LogP contribution in [0.4, 0.5) is 0 Å². The lowest BCUT2D eigenvalue weighted by molar-refractivity contribution is 0.538. The van der Waals surface area contributed by atoms with E-state index in [0.717, 1.165) is 5.56 Å². The molecule has 0 unspecified atom stereocenters. The summed E-state index contributed by atoms with van der Waals surface area (Å²) in [4.78, 5) is 3.87. The van der Waals surface area contributed by atoms with Gasteiger partial charge in [0.25, 0.3) is 0 Å². The van der Waals surface area contributed by atoms with Gasteiger partial charge in [-0.3, -0.25) is 0 Å². The highest BCUT2D eigenvalue weighted by Gasteiger charge is 2.19. The second kappa shape index (κ2) is 3.82. The SMILES string of the molecule is CC(C)(CN)c1cc(Cl)nc(Cl)c1. The zero-order chi connectivity index (χ0) is 10.1. The Morgan fingerprint density at radius 2 is 1.77 bits per heavy atom. The van der Waals surface area contributed by atoms with E-state index in [1.54, 1.807) is 12.1 Å². The van der Waals surface area contributed by atoms with Crippen molar-refractivity contribution in [1.82, 2.24) is 4.98 Å². The summed E-state index contributed by atoms with van der Waals surface area (Å²) in [6, 6.07) is 3.58. The van der Waals surface area contributed by atoms with Crippen LogP contribution in [0.15, 0.2) is 12.1 Å². The standard InChI is InChI=1S/C9H12Cl2N2/c1-9(2,5-12)6-3-7(10)13-8(11)4-6/h3-4H,5,12H2,1-2H3. The highest BCUT2D eigenvalue weighted by molar-refractivity contribution is 6.32. The predicted molar refractivity (Wildman–Crippen MR) is 56.3 cm³/mol. The number of hydrogen-bond acceptors (Lipinski definition) is 2. The fraction of sp³-hybridized carbons (Fsp3) is 0.444. The average molecular weight is 219 g/mol. The van der Waals surface area contributed by atoms with Crippen molar-refractivity contribution < 1.29 is 0 Å². The molecule has 0 saturated carbocycles. The van der Waals surface area contributed by atoms with Crippen LogP contribution < -0.4 is 5.73 Å². The van der Waals surface area contributed by atoms with Gasteiger partial charge in [-0.2, -0.15) is 0 Å². The Balaban J connectivity index is 3.15. The first kappa shape index (κ1) is 10.8. The fourth-order valence-electron chi connectivity index (χ4n) is 0.973. The fourth-order valence-corrected chi connectivity index (χ4v) is 1.43. The number of hydrogen-bond donors (Lipinski definition) is 1. The summed E-state index contributed by atoms with van der Waals surface area (Å²) < 4.78 is 0. The molecule has 2 nitrogen and oxygen atoms in total. The summed E-state index contributed by atoms with van der Waals surface area (Å²) in [6.45, 7) is 4.62. The third-order valence-electron chi connectivity index (χ3n) is 2.05. The van der Waals surface area contributed by atoms with Gasteiger partial charge in [-0.1, -0.05) is 37.0 Å². The molecule has 13 heavy (non-hydrogen) atoms. The highest BCUT2D eigenvalue weighted by Crippen LogP contribution is 2.25. The van der Waals surface area contributed by atoms with Crippen molar-refractivity contribution >= 4 is 23.2 Å². The molecule has 1 aromatic rings. The van der Waals surface area contributed by atoms with E-state index >= 15 is 0 Å². The summed E-state index contributed by atoms with van der Waals surface area (Å²) in [5.41, 5.74) is 6.53. The molecule has 0 fully saturated rings. The topological polar surface area (TPSA) is 38.9 Å². The maximum atomic E-state index is 5.78. The lowest BCUT2D eigenvalue weighted by Gasteiger charge is -2.23. The highest BCUT2D eigenvalue weighted by atomic mass is 35.5. The smallest absolute Gasteiger partial charge is 0.131 e. The molecule has 0 aromatic carbocycles. The van der Waals surface area contributed by atoms with Crippen LogP contribution in [-0.2, 0) is 5.41 Å². The molecular formula is C9H12Cl2N2. The van der Waals surface area contributed by atoms with Crippen molar-refractivity contribution in [2.75, 3.05) is 6.54 Å². The first-order chi connectivity index (χ1) is 5.95. The van der Waals surface area contributed by atoms with Gasteiger partial charge in [0.05, 0.1) is 0 Å². The molecule has 1 aromatic heterocycles. The number of nitrogens with zero attached hydrogens (tertiary/aromatic N) is 1. The minimum atomic E-state index is -0.115. The first-order valence-electron chi connectivity index (χ1n) is 3.99. The van der Waals surface area contributed by atoms with Gasteiger partial charge < -0.3 is 5.73 Å². The van der Waals surface area contributed by atoms with Crippen molar-refractivity contribution in [1.29, 1.82) is 0 Å². The third kappa shape index (κ3) is 2.56. The van der Waals surface area contributed by atoms with Gasteiger partial charge >= 0.3 is 0 Å². The number of aromatic nitrogens is 1. The van der Waals surface area contributed by atoms with Gasteiger partial charge in [-0.25, -0.2) is 4.98 Å².